The first-order chi connectivity index (χ1) is 8.52. The number of halogens is 1. The van der Waals surface area contributed by atoms with E-state index in [2.05, 4.69) is 20.3 Å². The van der Waals surface area contributed by atoms with E-state index in [-0.39, 0.29) is 17.7 Å². The SMILES string of the molecule is CCOC(=O)CCNc1nc(Cl)nc(N(C)C)n1. The van der Waals surface area contributed by atoms with Crippen LogP contribution in [0.15, 0.2) is 0 Å². The van der Waals surface area contributed by atoms with E-state index < -0.39 is 0 Å². The van der Waals surface area contributed by atoms with Gasteiger partial charge in [-0.2, -0.15) is 15.0 Å². The van der Waals surface area contributed by atoms with E-state index in [0.29, 0.717) is 25.0 Å². The summed E-state index contributed by atoms with van der Waals surface area (Å²) in [5.74, 6) is 0.523. The predicted octanol–water partition coefficient (Wildman–Crippen LogP) is 0.956. The average molecular weight is 274 g/mol. The van der Waals surface area contributed by atoms with Crippen LogP contribution in [0.1, 0.15) is 13.3 Å². The molecule has 8 heteroatoms. The number of anilines is 2. The van der Waals surface area contributed by atoms with E-state index in [1.165, 1.54) is 0 Å². The first-order valence-electron chi connectivity index (χ1n) is 5.51. The highest BCUT2D eigenvalue weighted by Crippen LogP contribution is 2.11. The van der Waals surface area contributed by atoms with Crippen LogP contribution in [-0.2, 0) is 9.53 Å². The van der Waals surface area contributed by atoms with E-state index >= 15 is 0 Å². The van der Waals surface area contributed by atoms with Gasteiger partial charge in [0.05, 0.1) is 13.0 Å². The van der Waals surface area contributed by atoms with Crippen LogP contribution in [0.4, 0.5) is 11.9 Å². The molecule has 0 atom stereocenters. The van der Waals surface area contributed by atoms with Crippen molar-refractivity contribution >= 4 is 29.5 Å². The number of carbonyl (C=O) groups is 1. The maximum Gasteiger partial charge on any atom is 0.307 e. The van der Waals surface area contributed by atoms with Gasteiger partial charge >= 0.3 is 5.97 Å². The van der Waals surface area contributed by atoms with Crippen molar-refractivity contribution in [2.24, 2.45) is 0 Å². The molecule has 1 N–H and O–H groups in total. The fourth-order valence-electron chi connectivity index (χ4n) is 1.13. The number of ether oxygens (including phenoxy) is 1. The van der Waals surface area contributed by atoms with Crippen molar-refractivity contribution in [1.82, 2.24) is 15.0 Å². The summed E-state index contributed by atoms with van der Waals surface area (Å²) in [6.07, 6.45) is 0.244. The van der Waals surface area contributed by atoms with Crippen molar-refractivity contribution in [1.29, 1.82) is 0 Å². The molecule has 0 radical (unpaired) electrons. The summed E-state index contributed by atoms with van der Waals surface area (Å²) in [6, 6.07) is 0. The van der Waals surface area contributed by atoms with E-state index in [9.17, 15) is 4.79 Å². The standard InChI is InChI=1S/C10H16ClN5O2/c1-4-18-7(17)5-6-12-9-13-8(11)14-10(15-9)16(2)3/h4-6H2,1-3H3,(H,12,13,14,15). The normalized spacial score (nSPS) is 10.0. The van der Waals surface area contributed by atoms with Gasteiger partial charge in [-0.25, -0.2) is 0 Å². The third-order valence-corrected chi connectivity index (χ3v) is 2.08. The molecule has 0 saturated carbocycles. The van der Waals surface area contributed by atoms with E-state index in [0.717, 1.165) is 0 Å². The summed E-state index contributed by atoms with van der Waals surface area (Å²) in [5, 5.41) is 3.00. The second kappa shape index (κ2) is 6.95. The molecule has 0 aliphatic heterocycles. The molecule has 0 spiro atoms. The van der Waals surface area contributed by atoms with Gasteiger partial charge in [-0.15, -0.1) is 0 Å². The lowest BCUT2D eigenvalue weighted by molar-refractivity contribution is -0.142. The molecule has 1 heterocycles. The molecule has 18 heavy (non-hydrogen) atoms. The van der Waals surface area contributed by atoms with Gasteiger partial charge < -0.3 is 15.0 Å². The molecule has 100 valence electrons. The Balaban J connectivity index is 2.54. The van der Waals surface area contributed by atoms with Gasteiger partial charge in [-0.1, -0.05) is 0 Å². The zero-order valence-corrected chi connectivity index (χ0v) is 11.4. The maximum absolute atomic E-state index is 11.1. The van der Waals surface area contributed by atoms with Crippen molar-refractivity contribution in [3.05, 3.63) is 5.28 Å². The van der Waals surface area contributed by atoms with Crippen LogP contribution in [0, 0.1) is 0 Å². The van der Waals surface area contributed by atoms with Crippen LogP contribution >= 0.6 is 11.6 Å². The molecule has 1 aromatic heterocycles. The number of rotatable bonds is 6. The van der Waals surface area contributed by atoms with Gasteiger partial charge in [0.1, 0.15) is 0 Å². The number of esters is 1. The van der Waals surface area contributed by atoms with Gasteiger partial charge in [0.15, 0.2) is 0 Å². The Bertz CT molecular complexity index is 413. The average Bonchev–Trinajstić information content (AvgIpc) is 2.28. The number of nitrogens with zero attached hydrogens (tertiary/aromatic N) is 4. The Hall–Kier alpha value is -1.63. The highest BCUT2D eigenvalue weighted by molar-refractivity contribution is 6.28. The topological polar surface area (TPSA) is 80.2 Å². The Morgan fingerprint density at radius 2 is 2.11 bits per heavy atom. The Labute approximate surface area is 111 Å². The molecule has 0 amide bonds. The van der Waals surface area contributed by atoms with Crippen molar-refractivity contribution in [2.75, 3.05) is 37.5 Å². The molecule has 0 fully saturated rings. The molecule has 0 aliphatic rings. The van der Waals surface area contributed by atoms with Gasteiger partial charge in [0.2, 0.25) is 17.2 Å². The molecule has 0 aromatic carbocycles. The van der Waals surface area contributed by atoms with Crippen LogP contribution in [0.3, 0.4) is 0 Å². The molecule has 1 rings (SSSR count). The fraction of sp³-hybridized carbons (Fsp3) is 0.600. The quantitative estimate of drug-likeness (QED) is 0.773. The van der Waals surface area contributed by atoms with Crippen molar-refractivity contribution in [3.8, 4) is 0 Å². The minimum absolute atomic E-state index is 0.104. The molecule has 0 bridgehead atoms. The second-order valence-electron chi connectivity index (χ2n) is 3.60. The molecule has 0 aliphatic carbocycles. The summed E-state index contributed by atoms with van der Waals surface area (Å²) in [4.78, 5) is 24.8. The van der Waals surface area contributed by atoms with Crippen LogP contribution in [0.2, 0.25) is 5.28 Å². The molecule has 0 unspecified atom stereocenters. The molecular formula is C10H16ClN5O2. The monoisotopic (exact) mass is 273 g/mol. The summed E-state index contributed by atoms with van der Waals surface area (Å²) in [7, 11) is 3.60. The maximum atomic E-state index is 11.1. The zero-order chi connectivity index (χ0) is 13.5. The largest absolute Gasteiger partial charge is 0.466 e. The van der Waals surface area contributed by atoms with Crippen molar-refractivity contribution in [3.63, 3.8) is 0 Å². The number of aromatic nitrogens is 3. The van der Waals surface area contributed by atoms with E-state index in [4.69, 9.17) is 16.3 Å². The lowest BCUT2D eigenvalue weighted by atomic mass is 10.4. The van der Waals surface area contributed by atoms with Gasteiger partial charge in [0.25, 0.3) is 0 Å². The fourth-order valence-corrected chi connectivity index (χ4v) is 1.28. The predicted molar refractivity (Wildman–Crippen MR) is 68.9 cm³/mol. The van der Waals surface area contributed by atoms with Crippen LogP contribution in [0.5, 0.6) is 0 Å². The minimum atomic E-state index is -0.266. The summed E-state index contributed by atoms with van der Waals surface area (Å²) in [6.45, 7) is 2.52. The number of carbonyl (C=O) groups excluding carboxylic acids is 1. The van der Waals surface area contributed by atoms with Crippen molar-refractivity contribution in [2.45, 2.75) is 13.3 Å². The highest BCUT2D eigenvalue weighted by atomic mass is 35.5. The van der Waals surface area contributed by atoms with Crippen LogP contribution < -0.4 is 10.2 Å². The molecular weight excluding hydrogens is 258 g/mol. The number of hydrogen-bond acceptors (Lipinski definition) is 7. The van der Waals surface area contributed by atoms with Gasteiger partial charge in [0, 0.05) is 20.6 Å². The summed E-state index contributed by atoms with van der Waals surface area (Å²) >= 11 is 5.76. The molecule has 7 nitrogen and oxygen atoms in total. The molecule has 1 aromatic rings. The zero-order valence-electron chi connectivity index (χ0n) is 10.6. The molecule has 0 saturated heterocycles. The third-order valence-electron chi connectivity index (χ3n) is 1.91. The number of nitrogens with one attached hydrogen (secondary N) is 1. The first-order valence-corrected chi connectivity index (χ1v) is 5.89. The lowest BCUT2D eigenvalue weighted by Crippen LogP contribution is -2.17. The van der Waals surface area contributed by atoms with Crippen molar-refractivity contribution < 1.29 is 9.53 Å². The Morgan fingerprint density at radius 1 is 1.39 bits per heavy atom. The highest BCUT2D eigenvalue weighted by Gasteiger charge is 2.07. The Kier molecular flexibility index (Phi) is 5.57. The third kappa shape index (κ3) is 4.70. The van der Waals surface area contributed by atoms with E-state index in [1.807, 2.05) is 0 Å². The van der Waals surface area contributed by atoms with Crippen LogP contribution in [-0.4, -0.2) is 48.2 Å². The summed E-state index contributed by atoms with van der Waals surface area (Å²) in [5.41, 5.74) is 0. The Morgan fingerprint density at radius 3 is 2.72 bits per heavy atom. The smallest absolute Gasteiger partial charge is 0.307 e. The number of hydrogen-bond donors (Lipinski definition) is 1. The minimum Gasteiger partial charge on any atom is -0.466 e. The van der Waals surface area contributed by atoms with Gasteiger partial charge in [-0.3, -0.25) is 4.79 Å². The first kappa shape index (κ1) is 14.4. The van der Waals surface area contributed by atoms with E-state index in [1.54, 1.807) is 25.9 Å². The van der Waals surface area contributed by atoms with Gasteiger partial charge in [-0.05, 0) is 18.5 Å². The van der Waals surface area contributed by atoms with Crippen LogP contribution in [0.25, 0.3) is 0 Å². The summed E-state index contributed by atoms with van der Waals surface area (Å²) < 4.78 is 4.80. The lowest BCUT2D eigenvalue weighted by Gasteiger charge is -2.11. The second-order valence-corrected chi connectivity index (χ2v) is 3.94.